The van der Waals surface area contributed by atoms with E-state index in [2.05, 4.69) is 26.1 Å². The molecular formula is C14H9BrN2O2. The van der Waals surface area contributed by atoms with E-state index in [1.165, 1.54) is 0 Å². The van der Waals surface area contributed by atoms with E-state index in [9.17, 15) is 5.11 Å². The van der Waals surface area contributed by atoms with Gasteiger partial charge in [0.2, 0.25) is 5.82 Å². The summed E-state index contributed by atoms with van der Waals surface area (Å²) < 4.78 is 6.16. The number of hydrogen-bond donors (Lipinski definition) is 1. The summed E-state index contributed by atoms with van der Waals surface area (Å²) >= 11 is 3.45. The summed E-state index contributed by atoms with van der Waals surface area (Å²) in [5.41, 5.74) is 1.64. The average molecular weight is 317 g/mol. The Morgan fingerprint density at radius 2 is 1.74 bits per heavy atom. The van der Waals surface area contributed by atoms with Crippen LogP contribution in [0.25, 0.3) is 22.8 Å². The lowest BCUT2D eigenvalue weighted by atomic mass is 10.2. The molecule has 3 aromatic rings. The summed E-state index contributed by atoms with van der Waals surface area (Å²) in [6, 6.07) is 14.3. The maximum absolute atomic E-state index is 9.25. The minimum atomic E-state index is 0.207. The summed E-state index contributed by atoms with van der Waals surface area (Å²) in [6.45, 7) is 0. The van der Waals surface area contributed by atoms with Crippen molar-refractivity contribution in [3.8, 4) is 28.6 Å². The number of rotatable bonds is 2. The van der Waals surface area contributed by atoms with Gasteiger partial charge < -0.3 is 9.63 Å². The van der Waals surface area contributed by atoms with Crippen molar-refractivity contribution in [3.05, 3.63) is 53.0 Å². The number of aromatic nitrogens is 2. The summed E-state index contributed by atoms with van der Waals surface area (Å²) in [7, 11) is 0. The molecule has 0 saturated carbocycles. The summed E-state index contributed by atoms with van der Waals surface area (Å²) in [4.78, 5) is 4.35. The van der Waals surface area contributed by atoms with Crippen molar-refractivity contribution in [2.24, 2.45) is 0 Å². The Hall–Kier alpha value is -2.14. The summed E-state index contributed by atoms with van der Waals surface area (Å²) in [5, 5.41) is 13.2. The Morgan fingerprint density at radius 3 is 2.47 bits per heavy atom. The first-order valence-corrected chi connectivity index (χ1v) is 6.41. The van der Waals surface area contributed by atoms with Crippen molar-refractivity contribution < 1.29 is 9.63 Å². The molecule has 0 fully saturated rings. The Balaban J connectivity index is 2.00. The van der Waals surface area contributed by atoms with Gasteiger partial charge in [0, 0.05) is 10.0 Å². The van der Waals surface area contributed by atoms with E-state index in [0.717, 1.165) is 15.6 Å². The number of nitrogens with zero attached hydrogens (tertiary/aromatic N) is 2. The second kappa shape index (κ2) is 4.85. The molecule has 1 aromatic heterocycles. The lowest BCUT2D eigenvalue weighted by Crippen LogP contribution is -1.81. The topological polar surface area (TPSA) is 59.2 Å². The first kappa shape index (κ1) is 11.9. The SMILES string of the molecule is Oc1ccc(-c2noc(-c3ccccc3Br)n2)cc1. The molecule has 1 heterocycles. The molecule has 0 amide bonds. The quantitative estimate of drug-likeness (QED) is 0.779. The number of phenols is 1. The van der Waals surface area contributed by atoms with Gasteiger partial charge in [-0.3, -0.25) is 0 Å². The largest absolute Gasteiger partial charge is 0.508 e. The molecule has 19 heavy (non-hydrogen) atoms. The highest BCUT2D eigenvalue weighted by atomic mass is 79.9. The highest BCUT2D eigenvalue weighted by molar-refractivity contribution is 9.10. The van der Waals surface area contributed by atoms with E-state index >= 15 is 0 Å². The number of aromatic hydroxyl groups is 1. The average Bonchev–Trinajstić information content (AvgIpc) is 2.89. The van der Waals surface area contributed by atoms with Crippen LogP contribution in [0.5, 0.6) is 5.75 Å². The molecule has 5 heteroatoms. The van der Waals surface area contributed by atoms with Crippen molar-refractivity contribution in [1.82, 2.24) is 10.1 Å². The molecule has 0 atom stereocenters. The second-order valence-electron chi connectivity index (χ2n) is 3.95. The van der Waals surface area contributed by atoms with E-state index in [1.54, 1.807) is 24.3 Å². The molecule has 2 aromatic carbocycles. The van der Waals surface area contributed by atoms with E-state index in [-0.39, 0.29) is 5.75 Å². The van der Waals surface area contributed by atoms with Gasteiger partial charge in [0.1, 0.15) is 5.75 Å². The molecule has 0 spiro atoms. The molecule has 0 unspecified atom stereocenters. The van der Waals surface area contributed by atoms with E-state index < -0.39 is 0 Å². The monoisotopic (exact) mass is 316 g/mol. The van der Waals surface area contributed by atoms with E-state index in [1.807, 2.05) is 24.3 Å². The van der Waals surface area contributed by atoms with Gasteiger partial charge in [-0.1, -0.05) is 17.3 Å². The summed E-state index contributed by atoms with van der Waals surface area (Å²) in [5.74, 6) is 1.15. The normalized spacial score (nSPS) is 10.6. The third-order valence-electron chi connectivity index (χ3n) is 2.66. The Bertz CT molecular complexity index is 707. The molecule has 0 aliphatic carbocycles. The molecule has 3 rings (SSSR count). The zero-order chi connectivity index (χ0) is 13.2. The van der Waals surface area contributed by atoms with Crippen LogP contribution in [0.4, 0.5) is 0 Å². The van der Waals surface area contributed by atoms with Crippen LogP contribution >= 0.6 is 15.9 Å². The minimum absolute atomic E-state index is 0.207. The van der Waals surface area contributed by atoms with Crippen molar-refractivity contribution in [3.63, 3.8) is 0 Å². The van der Waals surface area contributed by atoms with Gasteiger partial charge in [0.15, 0.2) is 0 Å². The first-order valence-electron chi connectivity index (χ1n) is 5.62. The molecule has 0 bridgehead atoms. The molecule has 0 aliphatic rings. The molecule has 4 nitrogen and oxygen atoms in total. The van der Waals surface area contributed by atoms with Crippen molar-refractivity contribution in [1.29, 1.82) is 0 Å². The second-order valence-corrected chi connectivity index (χ2v) is 4.80. The zero-order valence-corrected chi connectivity index (χ0v) is 11.3. The fourth-order valence-corrected chi connectivity index (χ4v) is 2.15. The Morgan fingerprint density at radius 1 is 1.00 bits per heavy atom. The Kier molecular flexibility index (Phi) is 3.05. The smallest absolute Gasteiger partial charge is 0.259 e. The van der Waals surface area contributed by atoms with Gasteiger partial charge in [-0.05, 0) is 52.3 Å². The van der Waals surface area contributed by atoms with Crippen LogP contribution < -0.4 is 0 Å². The van der Waals surface area contributed by atoms with Gasteiger partial charge in [-0.25, -0.2) is 0 Å². The van der Waals surface area contributed by atoms with Gasteiger partial charge >= 0.3 is 0 Å². The number of hydrogen-bond acceptors (Lipinski definition) is 4. The minimum Gasteiger partial charge on any atom is -0.508 e. The molecular weight excluding hydrogens is 308 g/mol. The lowest BCUT2D eigenvalue weighted by molar-refractivity contribution is 0.432. The molecule has 94 valence electrons. The fourth-order valence-electron chi connectivity index (χ4n) is 1.70. The lowest BCUT2D eigenvalue weighted by Gasteiger charge is -1.96. The van der Waals surface area contributed by atoms with Crippen LogP contribution in [-0.4, -0.2) is 15.2 Å². The van der Waals surface area contributed by atoms with E-state index in [0.29, 0.717) is 11.7 Å². The van der Waals surface area contributed by atoms with E-state index in [4.69, 9.17) is 4.52 Å². The van der Waals surface area contributed by atoms with Crippen molar-refractivity contribution >= 4 is 15.9 Å². The molecule has 1 N–H and O–H groups in total. The molecule has 0 aliphatic heterocycles. The van der Waals surface area contributed by atoms with Gasteiger partial charge in [-0.2, -0.15) is 4.98 Å². The fraction of sp³-hybridized carbons (Fsp3) is 0. The van der Waals surface area contributed by atoms with Crippen LogP contribution in [0, 0.1) is 0 Å². The van der Waals surface area contributed by atoms with Gasteiger partial charge in [0.05, 0.1) is 5.56 Å². The third kappa shape index (κ3) is 2.37. The van der Waals surface area contributed by atoms with Crippen LogP contribution in [-0.2, 0) is 0 Å². The van der Waals surface area contributed by atoms with Crippen molar-refractivity contribution in [2.75, 3.05) is 0 Å². The number of phenolic OH excluding ortho intramolecular Hbond substituents is 1. The predicted octanol–water partition coefficient (Wildman–Crippen LogP) is 3.87. The van der Waals surface area contributed by atoms with Crippen LogP contribution in [0.15, 0.2) is 57.5 Å². The van der Waals surface area contributed by atoms with Gasteiger partial charge in [-0.15, -0.1) is 0 Å². The van der Waals surface area contributed by atoms with Crippen LogP contribution in [0.3, 0.4) is 0 Å². The number of halogens is 1. The zero-order valence-electron chi connectivity index (χ0n) is 9.75. The maximum atomic E-state index is 9.25. The standard InChI is InChI=1S/C14H9BrN2O2/c15-12-4-2-1-3-11(12)14-16-13(17-19-14)9-5-7-10(18)8-6-9/h1-8,18H. The highest BCUT2D eigenvalue weighted by Gasteiger charge is 2.12. The first-order chi connectivity index (χ1) is 9.24. The molecule has 0 radical (unpaired) electrons. The summed E-state index contributed by atoms with van der Waals surface area (Å²) in [6.07, 6.45) is 0. The van der Waals surface area contributed by atoms with Crippen molar-refractivity contribution in [2.45, 2.75) is 0 Å². The van der Waals surface area contributed by atoms with Crippen LogP contribution in [0.2, 0.25) is 0 Å². The highest BCUT2D eigenvalue weighted by Crippen LogP contribution is 2.28. The number of benzene rings is 2. The van der Waals surface area contributed by atoms with Crippen LogP contribution in [0.1, 0.15) is 0 Å². The third-order valence-corrected chi connectivity index (χ3v) is 3.35. The predicted molar refractivity (Wildman–Crippen MR) is 74.5 cm³/mol. The van der Waals surface area contributed by atoms with Gasteiger partial charge in [0.25, 0.3) is 5.89 Å². The molecule has 0 saturated heterocycles. The Labute approximate surface area is 117 Å². The maximum Gasteiger partial charge on any atom is 0.259 e.